The van der Waals surface area contributed by atoms with Gasteiger partial charge in [0.1, 0.15) is 5.01 Å². The highest BCUT2D eigenvalue weighted by Crippen LogP contribution is 2.23. The zero-order chi connectivity index (χ0) is 13.1. The highest BCUT2D eigenvalue weighted by atomic mass is 32.1. The van der Waals surface area contributed by atoms with E-state index in [0.29, 0.717) is 0 Å². The third-order valence-corrected chi connectivity index (χ3v) is 4.68. The number of piperidine rings is 1. The van der Waals surface area contributed by atoms with Crippen molar-refractivity contribution in [3.8, 4) is 0 Å². The van der Waals surface area contributed by atoms with E-state index < -0.39 is 0 Å². The molecule has 4 heteroatoms. The summed E-state index contributed by atoms with van der Waals surface area (Å²) in [5.74, 6) is 0.944. The molecule has 1 unspecified atom stereocenters. The van der Waals surface area contributed by atoms with Gasteiger partial charge in [-0.1, -0.05) is 13.8 Å². The second kappa shape index (κ2) is 5.93. The molecule has 0 aliphatic carbocycles. The van der Waals surface area contributed by atoms with Gasteiger partial charge in [0.15, 0.2) is 5.78 Å². The normalized spacial score (nSPS) is 21.2. The number of rotatable bonds is 4. The summed E-state index contributed by atoms with van der Waals surface area (Å²) in [6.45, 7) is 9.26. The van der Waals surface area contributed by atoms with E-state index in [1.54, 1.807) is 18.3 Å². The number of aromatic nitrogens is 1. The Morgan fingerprint density at radius 3 is 2.89 bits per heavy atom. The summed E-state index contributed by atoms with van der Waals surface area (Å²) in [7, 11) is 0. The number of Topliss-reactive ketones (excluding diaryl/α,β-unsaturated/α-hetero) is 1. The first-order chi connectivity index (χ1) is 8.60. The van der Waals surface area contributed by atoms with Crippen molar-refractivity contribution in [3.63, 3.8) is 0 Å². The number of thiazole rings is 1. The summed E-state index contributed by atoms with van der Waals surface area (Å²) in [6.07, 6.45) is 3.47. The maximum atomic E-state index is 11.5. The number of hydrogen-bond acceptors (Lipinski definition) is 4. The van der Waals surface area contributed by atoms with Gasteiger partial charge in [-0.15, -0.1) is 11.3 Å². The largest absolute Gasteiger partial charge is 0.296 e. The molecule has 0 saturated carbocycles. The SMILES string of the molecule is CCc1nc(CN2CCCC(C)C2)sc1C(C)=O. The average molecular weight is 266 g/mol. The minimum absolute atomic E-state index is 0.155. The van der Waals surface area contributed by atoms with Crippen molar-refractivity contribution in [3.05, 3.63) is 15.6 Å². The molecule has 2 heterocycles. The van der Waals surface area contributed by atoms with E-state index in [2.05, 4.69) is 23.7 Å². The topological polar surface area (TPSA) is 33.2 Å². The van der Waals surface area contributed by atoms with Gasteiger partial charge in [0.05, 0.1) is 17.1 Å². The Hall–Kier alpha value is -0.740. The Balaban J connectivity index is 2.07. The molecule has 18 heavy (non-hydrogen) atoms. The van der Waals surface area contributed by atoms with Crippen LogP contribution in [0, 0.1) is 5.92 Å². The number of aryl methyl sites for hydroxylation is 1. The predicted molar refractivity (Wildman–Crippen MR) is 75.2 cm³/mol. The van der Waals surface area contributed by atoms with Gasteiger partial charge in [-0.05, 0) is 31.7 Å². The van der Waals surface area contributed by atoms with E-state index in [0.717, 1.165) is 41.0 Å². The second-order valence-corrected chi connectivity index (χ2v) is 6.36. The molecule has 1 saturated heterocycles. The molecule has 100 valence electrons. The third kappa shape index (κ3) is 3.18. The van der Waals surface area contributed by atoms with Crippen molar-refractivity contribution in [1.82, 2.24) is 9.88 Å². The highest BCUT2D eigenvalue weighted by Gasteiger charge is 2.19. The predicted octanol–water partition coefficient (Wildman–Crippen LogP) is 3.14. The lowest BCUT2D eigenvalue weighted by atomic mass is 10.0. The summed E-state index contributed by atoms with van der Waals surface area (Å²) in [4.78, 5) is 19.5. The van der Waals surface area contributed by atoms with E-state index in [1.807, 2.05) is 0 Å². The van der Waals surface area contributed by atoms with Crippen molar-refractivity contribution in [1.29, 1.82) is 0 Å². The van der Waals surface area contributed by atoms with Crippen LogP contribution in [0.1, 0.15) is 54.0 Å². The number of carbonyl (C=O) groups is 1. The molecule has 2 rings (SSSR count). The van der Waals surface area contributed by atoms with Crippen LogP contribution < -0.4 is 0 Å². The molecule has 0 spiro atoms. The lowest BCUT2D eigenvalue weighted by Gasteiger charge is -2.29. The monoisotopic (exact) mass is 266 g/mol. The maximum absolute atomic E-state index is 11.5. The average Bonchev–Trinajstić information content (AvgIpc) is 2.72. The summed E-state index contributed by atoms with van der Waals surface area (Å²) >= 11 is 1.58. The molecule has 0 amide bonds. The summed E-state index contributed by atoms with van der Waals surface area (Å²) in [5, 5.41) is 1.10. The molecule has 1 aliphatic heterocycles. The van der Waals surface area contributed by atoms with Gasteiger partial charge in [-0.3, -0.25) is 9.69 Å². The molecule has 1 fully saturated rings. The van der Waals surface area contributed by atoms with Crippen molar-refractivity contribution >= 4 is 17.1 Å². The van der Waals surface area contributed by atoms with Crippen molar-refractivity contribution in [2.24, 2.45) is 5.92 Å². The number of hydrogen-bond donors (Lipinski definition) is 0. The van der Waals surface area contributed by atoms with E-state index in [4.69, 9.17) is 0 Å². The molecule has 0 aromatic carbocycles. The molecule has 1 atom stereocenters. The zero-order valence-electron chi connectivity index (χ0n) is 11.5. The molecule has 1 aromatic heterocycles. The zero-order valence-corrected chi connectivity index (χ0v) is 12.3. The first kappa shape index (κ1) is 13.7. The van der Waals surface area contributed by atoms with Crippen LogP contribution in [-0.2, 0) is 13.0 Å². The Kier molecular flexibility index (Phi) is 4.51. The lowest BCUT2D eigenvalue weighted by molar-refractivity contribution is 0.102. The fraction of sp³-hybridized carbons (Fsp3) is 0.714. The number of nitrogens with zero attached hydrogens (tertiary/aromatic N) is 2. The Morgan fingerprint density at radius 2 is 2.33 bits per heavy atom. The third-order valence-electron chi connectivity index (χ3n) is 3.50. The minimum Gasteiger partial charge on any atom is -0.296 e. The quantitative estimate of drug-likeness (QED) is 0.785. The van der Waals surface area contributed by atoms with Gasteiger partial charge in [-0.25, -0.2) is 4.98 Å². The van der Waals surface area contributed by atoms with E-state index in [9.17, 15) is 4.79 Å². The second-order valence-electron chi connectivity index (χ2n) is 5.28. The van der Waals surface area contributed by atoms with E-state index in [-0.39, 0.29) is 5.78 Å². The minimum atomic E-state index is 0.155. The Bertz CT molecular complexity index is 427. The van der Waals surface area contributed by atoms with Crippen molar-refractivity contribution in [2.75, 3.05) is 13.1 Å². The fourth-order valence-corrected chi connectivity index (χ4v) is 3.69. The van der Waals surface area contributed by atoms with Crippen LogP contribution in [0.5, 0.6) is 0 Å². The van der Waals surface area contributed by atoms with E-state index in [1.165, 1.54) is 19.4 Å². The summed E-state index contributed by atoms with van der Waals surface area (Å²) in [6, 6.07) is 0. The van der Waals surface area contributed by atoms with Crippen LogP contribution in [0.3, 0.4) is 0 Å². The molecular weight excluding hydrogens is 244 g/mol. The van der Waals surface area contributed by atoms with Crippen LogP contribution in [0.15, 0.2) is 0 Å². The Morgan fingerprint density at radius 1 is 1.56 bits per heavy atom. The van der Waals surface area contributed by atoms with Gasteiger partial charge in [-0.2, -0.15) is 0 Å². The molecule has 1 aliphatic rings. The Labute approximate surface area is 113 Å². The van der Waals surface area contributed by atoms with Gasteiger partial charge >= 0.3 is 0 Å². The first-order valence-electron chi connectivity index (χ1n) is 6.82. The van der Waals surface area contributed by atoms with Crippen molar-refractivity contribution < 1.29 is 4.79 Å². The summed E-state index contributed by atoms with van der Waals surface area (Å²) in [5.41, 5.74) is 0.979. The number of likely N-dealkylation sites (tertiary alicyclic amines) is 1. The molecule has 0 bridgehead atoms. The van der Waals surface area contributed by atoms with Gasteiger partial charge in [0.25, 0.3) is 0 Å². The fourth-order valence-electron chi connectivity index (χ4n) is 2.60. The van der Waals surface area contributed by atoms with Gasteiger partial charge < -0.3 is 0 Å². The smallest absolute Gasteiger partial charge is 0.171 e. The van der Waals surface area contributed by atoms with Gasteiger partial charge in [0.2, 0.25) is 0 Å². The molecule has 3 nitrogen and oxygen atoms in total. The lowest BCUT2D eigenvalue weighted by Crippen LogP contribution is -2.33. The van der Waals surface area contributed by atoms with Crippen LogP contribution >= 0.6 is 11.3 Å². The highest BCUT2D eigenvalue weighted by molar-refractivity contribution is 7.13. The molecular formula is C14H22N2OS. The van der Waals surface area contributed by atoms with Crippen LogP contribution in [-0.4, -0.2) is 28.8 Å². The van der Waals surface area contributed by atoms with Crippen LogP contribution in [0.2, 0.25) is 0 Å². The van der Waals surface area contributed by atoms with Crippen LogP contribution in [0.4, 0.5) is 0 Å². The maximum Gasteiger partial charge on any atom is 0.171 e. The van der Waals surface area contributed by atoms with E-state index >= 15 is 0 Å². The van der Waals surface area contributed by atoms with Gasteiger partial charge in [0, 0.05) is 13.5 Å². The summed E-state index contributed by atoms with van der Waals surface area (Å²) < 4.78 is 0. The van der Waals surface area contributed by atoms with Crippen molar-refractivity contribution in [2.45, 2.75) is 46.6 Å². The molecule has 1 aromatic rings. The standard InChI is InChI=1S/C14H22N2OS/c1-4-12-14(11(3)17)18-13(15-12)9-16-7-5-6-10(2)8-16/h10H,4-9H2,1-3H3. The molecule has 0 N–H and O–H groups in total. The number of ketones is 1. The molecule has 0 radical (unpaired) electrons. The first-order valence-corrected chi connectivity index (χ1v) is 7.63. The van der Waals surface area contributed by atoms with Crippen LogP contribution in [0.25, 0.3) is 0 Å². The number of carbonyl (C=O) groups excluding carboxylic acids is 1.